The van der Waals surface area contributed by atoms with Gasteiger partial charge < -0.3 is 5.11 Å². The van der Waals surface area contributed by atoms with Crippen molar-refractivity contribution in [3.63, 3.8) is 0 Å². The van der Waals surface area contributed by atoms with Crippen molar-refractivity contribution < 1.29 is 5.11 Å². The average molecular weight is 260 g/mol. The van der Waals surface area contributed by atoms with E-state index >= 15 is 0 Å². The molecule has 0 saturated heterocycles. The first-order valence-corrected chi connectivity index (χ1v) is 8.08. The fourth-order valence-corrected chi connectivity index (χ4v) is 3.30. The summed E-state index contributed by atoms with van der Waals surface area (Å²) in [5.74, 6) is 0.470. The minimum Gasteiger partial charge on any atom is -0.388 e. The molecule has 0 amide bonds. The highest BCUT2D eigenvalue weighted by Crippen LogP contribution is 2.33. The number of aryl methyl sites for hydroxylation is 1. The first kappa shape index (κ1) is 14.6. The van der Waals surface area contributed by atoms with E-state index in [0.717, 1.165) is 12.0 Å². The largest absolute Gasteiger partial charge is 0.388 e. The van der Waals surface area contributed by atoms with Crippen molar-refractivity contribution in [3.05, 3.63) is 35.4 Å². The average Bonchev–Trinajstić information content (AvgIpc) is 2.38. The molecule has 1 nitrogen and oxygen atoms in total. The Bertz CT molecular complexity index is 364. The van der Waals surface area contributed by atoms with Crippen LogP contribution in [-0.2, 0) is 6.42 Å². The van der Waals surface area contributed by atoms with Crippen LogP contribution in [0.5, 0.6) is 0 Å². The van der Waals surface area contributed by atoms with Gasteiger partial charge in [-0.15, -0.1) is 0 Å². The summed E-state index contributed by atoms with van der Waals surface area (Å²) in [6, 6.07) is 8.60. The molecule has 1 aliphatic rings. The molecule has 0 spiro atoms. The molecule has 0 heterocycles. The Labute approximate surface area is 118 Å². The molecule has 1 aromatic rings. The standard InChI is InChI=1S/C18H28O/c1-2-9-15-10-8-13-17(14-15)18(19)16-11-6-4-3-5-7-12-16/h8,10,13-14,16,18-19H,2-7,9,11-12H2,1H3. The molecule has 1 fully saturated rings. The van der Waals surface area contributed by atoms with Gasteiger partial charge in [0.1, 0.15) is 0 Å². The Balaban J connectivity index is 2.03. The number of hydrogen-bond donors (Lipinski definition) is 1. The van der Waals surface area contributed by atoms with Crippen LogP contribution < -0.4 is 0 Å². The molecule has 1 aromatic carbocycles. The highest BCUT2D eigenvalue weighted by Gasteiger charge is 2.21. The molecule has 1 saturated carbocycles. The van der Waals surface area contributed by atoms with Crippen molar-refractivity contribution >= 4 is 0 Å². The summed E-state index contributed by atoms with van der Waals surface area (Å²) in [6.07, 6.45) is 11.1. The zero-order valence-corrected chi connectivity index (χ0v) is 12.3. The second kappa shape index (κ2) is 7.69. The highest BCUT2D eigenvalue weighted by molar-refractivity contribution is 5.25. The summed E-state index contributed by atoms with van der Waals surface area (Å²) >= 11 is 0. The Morgan fingerprint density at radius 2 is 1.79 bits per heavy atom. The Kier molecular flexibility index (Phi) is 5.91. The maximum absolute atomic E-state index is 10.7. The quantitative estimate of drug-likeness (QED) is 0.804. The fraction of sp³-hybridized carbons (Fsp3) is 0.667. The lowest BCUT2D eigenvalue weighted by Gasteiger charge is -2.25. The summed E-state index contributed by atoms with van der Waals surface area (Å²) in [5, 5.41) is 10.7. The van der Waals surface area contributed by atoms with Gasteiger partial charge in [0.15, 0.2) is 0 Å². The van der Waals surface area contributed by atoms with Crippen LogP contribution in [0.3, 0.4) is 0 Å². The monoisotopic (exact) mass is 260 g/mol. The number of benzene rings is 1. The third-order valence-corrected chi connectivity index (χ3v) is 4.43. The van der Waals surface area contributed by atoms with Crippen LogP contribution in [0.1, 0.15) is 75.5 Å². The molecule has 0 bridgehead atoms. The van der Waals surface area contributed by atoms with Gasteiger partial charge >= 0.3 is 0 Å². The van der Waals surface area contributed by atoms with E-state index in [4.69, 9.17) is 0 Å². The normalized spacial score (nSPS) is 19.7. The Morgan fingerprint density at radius 1 is 1.11 bits per heavy atom. The number of hydrogen-bond acceptors (Lipinski definition) is 1. The number of aliphatic hydroxyl groups excluding tert-OH is 1. The molecule has 1 heteroatoms. The van der Waals surface area contributed by atoms with Gasteiger partial charge in [-0.2, -0.15) is 0 Å². The van der Waals surface area contributed by atoms with E-state index in [1.807, 2.05) is 0 Å². The van der Waals surface area contributed by atoms with Gasteiger partial charge in [0, 0.05) is 0 Å². The van der Waals surface area contributed by atoms with E-state index in [0.29, 0.717) is 5.92 Å². The van der Waals surface area contributed by atoms with Gasteiger partial charge in [-0.05, 0) is 36.3 Å². The first-order valence-electron chi connectivity index (χ1n) is 8.08. The van der Waals surface area contributed by atoms with Gasteiger partial charge in [-0.1, -0.05) is 69.7 Å². The zero-order valence-electron chi connectivity index (χ0n) is 12.3. The van der Waals surface area contributed by atoms with Gasteiger partial charge in [0.25, 0.3) is 0 Å². The topological polar surface area (TPSA) is 20.2 Å². The van der Waals surface area contributed by atoms with Crippen molar-refractivity contribution in [2.75, 3.05) is 0 Å². The zero-order chi connectivity index (χ0) is 13.5. The fourth-order valence-electron chi connectivity index (χ4n) is 3.30. The van der Waals surface area contributed by atoms with E-state index in [9.17, 15) is 5.11 Å². The van der Waals surface area contributed by atoms with Crippen molar-refractivity contribution in [2.45, 2.75) is 70.8 Å². The minimum absolute atomic E-state index is 0.255. The van der Waals surface area contributed by atoms with Gasteiger partial charge in [-0.25, -0.2) is 0 Å². The molecular formula is C18H28O. The minimum atomic E-state index is -0.255. The third kappa shape index (κ3) is 4.35. The van der Waals surface area contributed by atoms with Gasteiger partial charge in [-0.3, -0.25) is 0 Å². The van der Waals surface area contributed by atoms with E-state index in [1.165, 1.54) is 56.9 Å². The van der Waals surface area contributed by atoms with Gasteiger partial charge in [0.2, 0.25) is 0 Å². The Hall–Kier alpha value is -0.820. The van der Waals surface area contributed by atoms with Crippen LogP contribution >= 0.6 is 0 Å². The summed E-state index contributed by atoms with van der Waals surface area (Å²) < 4.78 is 0. The molecule has 19 heavy (non-hydrogen) atoms. The molecule has 0 aliphatic heterocycles. The molecule has 1 N–H and O–H groups in total. The highest BCUT2D eigenvalue weighted by atomic mass is 16.3. The maximum atomic E-state index is 10.7. The summed E-state index contributed by atoms with van der Waals surface area (Å²) in [7, 11) is 0. The third-order valence-electron chi connectivity index (χ3n) is 4.43. The second-order valence-corrected chi connectivity index (χ2v) is 6.05. The first-order chi connectivity index (χ1) is 9.31. The molecule has 1 atom stereocenters. The van der Waals surface area contributed by atoms with Crippen molar-refractivity contribution in [1.82, 2.24) is 0 Å². The van der Waals surface area contributed by atoms with Crippen molar-refractivity contribution in [2.24, 2.45) is 5.92 Å². The van der Waals surface area contributed by atoms with Crippen LogP contribution in [0.2, 0.25) is 0 Å². The Morgan fingerprint density at radius 3 is 2.47 bits per heavy atom. The van der Waals surface area contributed by atoms with E-state index in [-0.39, 0.29) is 6.10 Å². The lowest BCUT2D eigenvalue weighted by atomic mass is 9.84. The molecule has 106 valence electrons. The summed E-state index contributed by atoms with van der Waals surface area (Å²) in [4.78, 5) is 0. The molecular weight excluding hydrogens is 232 g/mol. The predicted octanol–water partition coefficient (Wildman–Crippen LogP) is 5.03. The molecule has 0 radical (unpaired) electrons. The molecule has 1 aliphatic carbocycles. The number of aliphatic hydroxyl groups is 1. The van der Waals surface area contributed by atoms with Crippen LogP contribution in [-0.4, -0.2) is 5.11 Å². The second-order valence-electron chi connectivity index (χ2n) is 6.05. The molecule has 1 unspecified atom stereocenters. The SMILES string of the molecule is CCCc1cccc(C(O)C2CCCCCCC2)c1. The summed E-state index contributed by atoms with van der Waals surface area (Å²) in [5.41, 5.74) is 2.50. The van der Waals surface area contributed by atoms with E-state index in [2.05, 4.69) is 31.2 Å². The smallest absolute Gasteiger partial charge is 0.0818 e. The predicted molar refractivity (Wildman–Crippen MR) is 81.2 cm³/mol. The van der Waals surface area contributed by atoms with Crippen LogP contribution in [0.4, 0.5) is 0 Å². The number of rotatable bonds is 4. The summed E-state index contributed by atoms with van der Waals surface area (Å²) in [6.45, 7) is 2.21. The lowest BCUT2D eigenvalue weighted by Crippen LogP contribution is -2.14. The lowest BCUT2D eigenvalue weighted by molar-refractivity contribution is 0.0912. The molecule has 2 rings (SSSR count). The van der Waals surface area contributed by atoms with Crippen LogP contribution in [0, 0.1) is 5.92 Å². The van der Waals surface area contributed by atoms with Crippen molar-refractivity contribution in [1.29, 1.82) is 0 Å². The molecule has 0 aromatic heterocycles. The van der Waals surface area contributed by atoms with Crippen LogP contribution in [0.15, 0.2) is 24.3 Å². The van der Waals surface area contributed by atoms with Crippen LogP contribution in [0.25, 0.3) is 0 Å². The van der Waals surface area contributed by atoms with E-state index < -0.39 is 0 Å². The maximum Gasteiger partial charge on any atom is 0.0818 e. The van der Waals surface area contributed by atoms with E-state index in [1.54, 1.807) is 0 Å². The van der Waals surface area contributed by atoms with Crippen molar-refractivity contribution in [3.8, 4) is 0 Å². The van der Waals surface area contributed by atoms with Gasteiger partial charge in [0.05, 0.1) is 6.10 Å².